The molecule has 3 heterocycles. The van der Waals surface area contributed by atoms with Crippen molar-refractivity contribution in [2.24, 2.45) is 0 Å². The zero-order valence-electron chi connectivity index (χ0n) is 17.4. The minimum Gasteiger partial charge on any atom is -0.387 e. The normalized spacial score (nSPS) is 24.2. The van der Waals surface area contributed by atoms with E-state index < -0.39 is 38.7 Å². The van der Waals surface area contributed by atoms with Gasteiger partial charge in [0.25, 0.3) is 0 Å². The van der Waals surface area contributed by atoms with Crippen LogP contribution in [-0.4, -0.2) is 70.7 Å². The Morgan fingerprint density at radius 3 is 2.68 bits per heavy atom. The minimum atomic E-state index is -5.10. The fourth-order valence-corrected chi connectivity index (χ4v) is 3.78. The van der Waals surface area contributed by atoms with Crippen molar-refractivity contribution in [2.45, 2.75) is 30.8 Å². The topological polar surface area (TPSA) is 205 Å². The molecule has 1 aliphatic rings. The van der Waals surface area contributed by atoms with Crippen LogP contribution in [0.5, 0.6) is 0 Å². The van der Waals surface area contributed by atoms with Gasteiger partial charge in [0.2, 0.25) is 6.29 Å². The fourth-order valence-electron chi connectivity index (χ4n) is 3.36. The Hall–Kier alpha value is -2.78. The lowest BCUT2D eigenvalue weighted by atomic mass is 10.1. The van der Waals surface area contributed by atoms with Crippen molar-refractivity contribution in [2.75, 3.05) is 12.3 Å². The van der Waals surface area contributed by atoms with E-state index in [0.717, 1.165) is 5.56 Å². The third-order valence-corrected chi connectivity index (χ3v) is 5.37. The first-order valence-corrected chi connectivity index (χ1v) is 11.5. The number of fused-ring (bicyclic) bond motifs is 1. The first kappa shape index (κ1) is 24.3. The number of benzene rings is 1. The summed E-state index contributed by atoms with van der Waals surface area (Å²) in [5.41, 5.74) is 7.11. The lowest BCUT2D eigenvalue weighted by molar-refractivity contribution is -0.380. The number of phosphoric acid groups is 1. The van der Waals surface area contributed by atoms with Crippen molar-refractivity contribution in [1.82, 2.24) is 19.5 Å². The van der Waals surface area contributed by atoms with Crippen LogP contribution in [0, 0.1) is 0 Å². The Morgan fingerprint density at radius 1 is 1.18 bits per heavy atom. The van der Waals surface area contributed by atoms with Crippen LogP contribution in [0.25, 0.3) is 17.2 Å². The molecule has 0 amide bonds. The SMILES string of the molecule is Nc1ncnc2c1ncn2[C@@H]1O[C@H](C(OOCC=Cc2ccccc2)OP(=O)(O)O)[C@@H](O)[C@H]1O. The molecule has 182 valence electrons. The summed E-state index contributed by atoms with van der Waals surface area (Å²) < 4.78 is 23.0. The van der Waals surface area contributed by atoms with Crippen LogP contribution in [0.3, 0.4) is 0 Å². The summed E-state index contributed by atoms with van der Waals surface area (Å²) in [6.45, 7) is -0.118. The van der Waals surface area contributed by atoms with Crippen LogP contribution in [0.2, 0.25) is 0 Å². The summed E-state index contributed by atoms with van der Waals surface area (Å²) in [5, 5.41) is 21.1. The quantitative estimate of drug-likeness (QED) is 0.0881. The van der Waals surface area contributed by atoms with E-state index in [-0.39, 0.29) is 23.6 Å². The number of nitrogens with two attached hydrogens (primary N) is 1. The lowest BCUT2D eigenvalue weighted by Crippen LogP contribution is -2.41. The molecule has 1 aromatic carbocycles. The number of anilines is 1. The summed E-state index contributed by atoms with van der Waals surface area (Å²) in [7, 11) is -5.10. The molecule has 6 N–H and O–H groups in total. The van der Waals surface area contributed by atoms with E-state index >= 15 is 0 Å². The number of hydrogen-bond donors (Lipinski definition) is 5. The van der Waals surface area contributed by atoms with Crippen molar-refractivity contribution in [1.29, 1.82) is 0 Å². The van der Waals surface area contributed by atoms with Crippen molar-refractivity contribution in [3.05, 3.63) is 54.6 Å². The zero-order chi connectivity index (χ0) is 24.3. The zero-order valence-corrected chi connectivity index (χ0v) is 18.3. The second kappa shape index (κ2) is 10.2. The van der Waals surface area contributed by atoms with Gasteiger partial charge in [0.1, 0.15) is 36.8 Å². The maximum atomic E-state index is 11.5. The summed E-state index contributed by atoms with van der Waals surface area (Å²) >= 11 is 0. The van der Waals surface area contributed by atoms with Gasteiger partial charge in [-0.05, 0) is 5.56 Å². The number of rotatable bonds is 9. The summed E-state index contributed by atoms with van der Waals surface area (Å²) in [5.74, 6) is 0.0938. The number of aliphatic hydroxyl groups is 2. The van der Waals surface area contributed by atoms with Crippen LogP contribution in [0.1, 0.15) is 11.8 Å². The molecule has 4 rings (SSSR count). The van der Waals surface area contributed by atoms with E-state index in [4.69, 9.17) is 20.2 Å². The van der Waals surface area contributed by atoms with Gasteiger partial charge in [-0.25, -0.2) is 29.3 Å². The van der Waals surface area contributed by atoms with Crippen LogP contribution < -0.4 is 5.73 Å². The number of ether oxygens (including phenoxy) is 1. The Kier molecular flexibility index (Phi) is 7.33. The molecule has 14 nitrogen and oxygen atoms in total. The molecule has 0 spiro atoms. The summed E-state index contributed by atoms with van der Waals surface area (Å²) in [4.78, 5) is 40.5. The van der Waals surface area contributed by atoms with Crippen molar-refractivity contribution in [3.63, 3.8) is 0 Å². The van der Waals surface area contributed by atoms with Gasteiger partial charge < -0.3 is 30.5 Å². The molecule has 1 saturated heterocycles. The number of aliphatic hydroxyl groups excluding tert-OH is 2. The van der Waals surface area contributed by atoms with Crippen LogP contribution in [-0.2, 0) is 23.6 Å². The Labute approximate surface area is 192 Å². The second-order valence-electron chi connectivity index (χ2n) is 7.21. The largest absolute Gasteiger partial charge is 0.472 e. The highest BCUT2D eigenvalue weighted by Crippen LogP contribution is 2.42. The monoisotopic (exact) mass is 495 g/mol. The van der Waals surface area contributed by atoms with Gasteiger partial charge in [0.15, 0.2) is 17.7 Å². The van der Waals surface area contributed by atoms with Crippen molar-refractivity contribution >= 4 is 30.9 Å². The molecule has 0 radical (unpaired) electrons. The Bertz CT molecular complexity index is 1190. The van der Waals surface area contributed by atoms with Gasteiger partial charge in [0.05, 0.1) is 6.33 Å². The number of phosphoric ester groups is 1. The van der Waals surface area contributed by atoms with E-state index in [1.165, 1.54) is 17.2 Å². The minimum absolute atomic E-state index is 0.0938. The third-order valence-electron chi connectivity index (χ3n) is 4.88. The van der Waals surface area contributed by atoms with E-state index in [2.05, 4.69) is 19.5 Å². The molecular formula is C19H22N5O9P. The van der Waals surface area contributed by atoms with E-state index in [0.29, 0.717) is 0 Å². The van der Waals surface area contributed by atoms with Crippen molar-refractivity contribution in [3.8, 4) is 0 Å². The standard InChI is InChI=1S/C19H22N5O9P/c20-16-12-17(22-9-21-16)24(10-23-12)18-14(26)13(25)15(31-18)19(33-34(27,28)29)32-30-8-4-7-11-5-2-1-3-6-11/h1-7,9-10,13-15,18-19,25-26H,8H2,(H2,20,21,22)(H2,27,28,29)/t13-,14+,15-,18+,19?/m0/s1. The molecule has 3 aromatic rings. The molecule has 1 aliphatic heterocycles. The van der Waals surface area contributed by atoms with Crippen LogP contribution >= 0.6 is 7.82 Å². The predicted octanol–water partition coefficient (Wildman–Crippen LogP) is 0.125. The first-order chi connectivity index (χ1) is 16.2. The second-order valence-corrected chi connectivity index (χ2v) is 8.41. The lowest BCUT2D eigenvalue weighted by Gasteiger charge is -2.24. The van der Waals surface area contributed by atoms with Gasteiger partial charge >= 0.3 is 7.82 Å². The molecule has 1 fully saturated rings. The Morgan fingerprint density at radius 2 is 1.94 bits per heavy atom. The van der Waals surface area contributed by atoms with Crippen LogP contribution in [0.4, 0.5) is 5.82 Å². The molecule has 1 unspecified atom stereocenters. The highest BCUT2D eigenvalue weighted by atomic mass is 31.2. The van der Waals surface area contributed by atoms with Gasteiger partial charge in [0, 0.05) is 0 Å². The van der Waals surface area contributed by atoms with E-state index in [9.17, 15) is 24.6 Å². The van der Waals surface area contributed by atoms with Gasteiger partial charge in [-0.1, -0.05) is 42.5 Å². The number of nitrogens with zero attached hydrogens (tertiary/aromatic N) is 4. The van der Waals surface area contributed by atoms with Gasteiger partial charge in [-0.3, -0.25) is 9.09 Å². The molecule has 34 heavy (non-hydrogen) atoms. The van der Waals surface area contributed by atoms with Crippen molar-refractivity contribution < 1.29 is 43.6 Å². The molecule has 0 aliphatic carbocycles. The maximum absolute atomic E-state index is 11.5. The molecule has 15 heteroatoms. The summed E-state index contributed by atoms with van der Waals surface area (Å²) in [6.07, 6.45) is -2.17. The van der Waals surface area contributed by atoms with E-state index in [1.54, 1.807) is 12.2 Å². The number of aromatic nitrogens is 4. The molecule has 0 saturated carbocycles. The molecule has 0 bridgehead atoms. The van der Waals surface area contributed by atoms with Gasteiger partial charge in [-0.15, -0.1) is 0 Å². The van der Waals surface area contributed by atoms with E-state index in [1.807, 2.05) is 30.3 Å². The number of hydrogen-bond acceptors (Lipinski definition) is 11. The third kappa shape index (κ3) is 5.47. The highest BCUT2D eigenvalue weighted by molar-refractivity contribution is 7.46. The smallest absolute Gasteiger partial charge is 0.387 e. The number of nitrogen functional groups attached to an aromatic ring is 1. The molecule has 5 atom stereocenters. The predicted molar refractivity (Wildman–Crippen MR) is 115 cm³/mol. The average Bonchev–Trinajstić information content (AvgIpc) is 3.35. The highest BCUT2D eigenvalue weighted by Gasteiger charge is 2.50. The van der Waals surface area contributed by atoms with Crippen LogP contribution in [0.15, 0.2) is 49.1 Å². The number of imidazole rings is 1. The maximum Gasteiger partial charge on any atom is 0.472 e. The van der Waals surface area contributed by atoms with Gasteiger partial charge in [-0.2, -0.15) is 0 Å². The Balaban J connectivity index is 1.47. The average molecular weight is 495 g/mol. The summed E-state index contributed by atoms with van der Waals surface area (Å²) in [6, 6.07) is 9.29. The fraction of sp³-hybridized carbons (Fsp3) is 0.316. The molecule has 2 aromatic heterocycles. The first-order valence-electron chi connectivity index (χ1n) is 9.93. The molecular weight excluding hydrogens is 473 g/mol.